The van der Waals surface area contributed by atoms with Crippen molar-refractivity contribution in [2.75, 3.05) is 26.2 Å². The summed E-state index contributed by atoms with van der Waals surface area (Å²) >= 11 is 0. The first-order valence-corrected chi connectivity index (χ1v) is 9.02. The first-order chi connectivity index (χ1) is 12.0. The number of nitrogens with zero attached hydrogens (tertiary/aromatic N) is 3. The number of pyridine rings is 1. The Balaban J connectivity index is 1.61. The lowest BCUT2D eigenvalue weighted by Crippen LogP contribution is -2.49. The van der Waals surface area contributed by atoms with Crippen LogP contribution in [0.2, 0.25) is 0 Å². The lowest BCUT2D eigenvalue weighted by molar-refractivity contribution is -0.121. The first kappa shape index (κ1) is 17.7. The molecular weight excluding hydrogens is 320 g/mol. The Kier molecular flexibility index (Phi) is 5.53. The van der Waals surface area contributed by atoms with Gasteiger partial charge in [-0.15, -0.1) is 0 Å². The molecule has 3 heterocycles. The summed E-state index contributed by atoms with van der Waals surface area (Å²) in [6.45, 7) is 6.59. The number of imide groups is 1. The van der Waals surface area contributed by atoms with Gasteiger partial charge in [-0.05, 0) is 37.9 Å². The highest BCUT2D eigenvalue weighted by molar-refractivity contribution is 5.96. The van der Waals surface area contributed by atoms with Crippen LogP contribution in [0.4, 0.5) is 4.79 Å². The number of rotatable bonds is 5. The molecule has 2 saturated heterocycles. The molecule has 3 amide bonds. The highest BCUT2D eigenvalue weighted by Crippen LogP contribution is 2.15. The largest absolute Gasteiger partial charge is 0.324 e. The third-order valence-corrected chi connectivity index (χ3v) is 5.14. The van der Waals surface area contributed by atoms with E-state index in [0.717, 1.165) is 25.6 Å². The number of aromatic nitrogens is 1. The van der Waals surface area contributed by atoms with Crippen LogP contribution < -0.4 is 10.9 Å². The molecule has 0 spiro atoms. The van der Waals surface area contributed by atoms with Crippen molar-refractivity contribution in [1.82, 2.24) is 19.7 Å². The van der Waals surface area contributed by atoms with Crippen molar-refractivity contribution in [2.45, 2.75) is 39.3 Å². The van der Waals surface area contributed by atoms with E-state index in [1.165, 1.54) is 17.7 Å². The summed E-state index contributed by atoms with van der Waals surface area (Å²) in [5.41, 5.74) is 0.525. The van der Waals surface area contributed by atoms with E-state index in [4.69, 9.17) is 0 Å². The molecule has 7 nitrogen and oxygen atoms in total. The third-order valence-electron chi connectivity index (χ3n) is 5.14. The summed E-state index contributed by atoms with van der Waals surface area (Å²) in [5.74, 6) is 0.535. The standard InChI is InChI=1S/C18H26N4O3/c1-14-4-8-20(9-5-14)11-12-21-7-2-3-15(17(21)24)13-22-10-6-16(23)19-18(22)25/h2-3,7,14H,4-6,8-13H2,1H3,(H,19,23,25). The lowest BCUT2D eigenvalue weighted by atomic mass is 9.99. The van der Waals surface area contributed by atoms with Gasteiger partial charge in [-0.25, -0.2) is 4.79 Å². The van der Waals surface area contributed by atoms with Gasteiger partial charge in [-0.2, -0.15) is 0 Å². The second-order valence-electron chi connectivity index (χ2n) is 7.08. The van der Waals surface area contributed by atoms with Gasteiger partial charge in [0.1, 0.15) is 0 Å². The van der Waals surface area contributed by atoms with E-state index >= 15 is 0 Å². The van der Waals surface area contributed by atoms with Crippen LogP contribution in [0.3, 0.4) is 0 Å². The molecule has 0 bridgehead atoms. The van der Waals surface area contributed by atoms with Crippen molar-refractivity contribution in [2.24, 2.45) is 5.92 Å². The maximum atomic E-state index is 12.7. The molecule has 2 aliphatic heterocycles. The van der Waals surface area contributed by atoms with Crippen LogP contribution in [0.25, 0.3) is 0 Å². The molecule has 1 N–H and O–H groups in total. The van der Waals surface area contributed by atoms with Gasteiger partial charge in [0.2, 0.25) is 5.91 Å². The molecule has 0 radical (unpaired) electrons. The van der Waals surface area contributed by atoms with Crippen molar-refractivity contribution in [3.05, 3.63) is 34.2 Å². The Morgan fingerprint density at radius 2 is 1.88 bits per heavy atom. The van der Waals surface area contributed by atoms with Crippen molar-refractivity contribution in [1.29, 1.82) is 0 Å². The van der Waals surface area contributed by atoms with Crippen LogP contribution in [-0.2, 0) is 17.9 Å². The minimum atomic E-state index is -0.423. The average Bonchev–Trinajstić information content (AvgIpc) is 2.59. The number of piperidine rings is 1. The van der Waals surface area contributed by atoms with Gasteiger partial charge in [0.05, 0.1) is 6.54 Å². The summed E-state index contributed by atoms with van der Waals surface area (Å²) in [4.78, 5) is 39.6. The molecule has 3 rings (SSSR count). The molecule has 0 unspecified atom stereocenters. The number of hydrogen-bond acceptors (Lipinski definition) is 4. The molecule has 2 aliphatic rings. The minimum absolute atomic E-state index is 0.0578. The first-order valence-electron chi connectivity index (χ1n) is 9.02. The van der Waals surface area contributed by atoms with Crippen LogP contribution in [0.1, 0.15) is 31.7 Å². The Morgan fingerprint density at radius 3 is 2.60 bits per heavy atom. The average molecular weight is 346 g/mol. The summed E-state index contributed by atoms with van der Waals surface area (Å²) in [7, 11) is 0. The number of hydrogen-bond donors (Lipinski definition) is 1. The predicted molar refractivity (Wildman–Crippen MR) is 94.1 cm³/mol. The fraction of sp³-hybridized carbons (Fsp3) is 0.611. The molecule has 0 aromatic carbocycles. The van der Waals surface area contributed by atoms with Gasteiger partial charge < -0.3 is 14.4 Å². The Morgan fingerprint density at radius 1 is 1.12 bits per heavy atom. The van der Waals surface area contributed by atoms with E-state index in [-0.39, 0.29) is 24.4 Å². The van der Waals surface area contributed by atoms with Gasteiger partial charge in [0.15, 0.2) is 0 Å². The van der Waals surface area contributed by atoms with E-state index in [9.17, 15) is 14.4 Å². The van der Waals surface area contributed by atoms with Crippen molar-refractivity contribution in [3.63, 3.8) is 0 Å². The smallest absolute Gasteiger partial charge is 0.319 e. The number of nitrogens with one attached hydrogen (secondary N) is 1. The summed E-state index contributed by atoms with van der Waals surface area (Å²) in [5, 5.41) is 2.29. The van der Waals surface area contributed by atoms with Crippen LogP contribution in [0, 0.1) is 5.92 Å². The second kappa shape index (κ2) is 7.82. The molecular formula is C18H26N4O3. The summed E-state index contributed by atoms with van der Waals surface area (Å²) < 4.78 is 1.72. The topological polar surface area (TPSA) is 74.7 Å². The summed E-state index contributed by atoms with van der Waals surface area (Å²) in [6.07, 6.45) is 4.52. The van der Waals surface area contributed by atoms with Crippen molar-refractivity contribution < 1.29 is 9.59 Å². The second-order valence-corrected chi connectivity index (χ2v) is 7.08. The zero-order valence-electron chi connectivity index (χ0n) is 14.7. The molecule has 1 aromatic rings. The molecule has 0 aliphatic carbocycles. The highest BCUT2D eigenvalue weighted by atomic mass is 16.2. The van der Waals surface area contributed by atoms with Crippen LogP contribution in [0.5, 0.6) is 0 Å². The van der Waals surface area contributed by atoms with Crippen LogP contribution in [0.15, 0.2) is 23.1 Å². The number of carbonyl (C=O) groups excluding carboxylic acids is 2. The number of carbonyl (C=O) groups is 2. The number of likely N-dealkylation sites (tertiary alicyclic amines) is 1. The van der Waals surface area contributed by atoms with Gasteiger partial charge in [-0.3, -0.25) is 14.9 Å². The Labute approximate surface area is 147 Å². The maximum absolute atomic E-state index is 12.7. The van der Waals surface area contributed by atoms with E-state index < -0.39 is 6.03 Å². The fourth-order valence-electron chi connectivity index (χ4n) is 3.37. The zero-order valence-corrected chi connectivity index (χ0v) is 14.7. The molecule has 1 aromatic heterocycles. The van der Waals surface area contributed by atoms with Crippen LogP contribution in [-0.4, -0.2) is 52.5 Å². The molecule has 2 fully saturated rings. The zero-order chi connectivity index (χ0) is 17.8. The van der Waals surface area contributed by atoms with Crippen molar-refractivity contribution >= 4 is 11.9 Å². The maximum Gasteiger partial charge on any atom is 0.324 e. The number of urea groups is 1. The molecule has 7 heteroatoms. The van der Waals surface area contributed by atoms with Gasteiger partial charge >= 0.3 is 6.03 Å². The Hall–Kier alpha value is -2.15. The third kappa shape index (κ3) is 4.48. The Bertz CT molecular complexity index is 692. The molecule has 0 atom stereocenters. The van der Waals surface area contributed by atoms with Crippen molar-refractivity contribution in [3.8, 4) is 0 Å². The normalized spacial score (nSPS) is 20.0. The number of amides is 3. The molecule has 25 heavy (non-hydrogen) atoms. The monoisotopic (exact) mass is 346 g/mol. The fourth-order valence-corrected chi connectivity index (χ4v) is 3.37. The predicted octanol–water partition coefficient (Wildman–Crippen LogP) is 1.02. The van der Waals surface area contributed by atoms with E-state index in [1.54, 1.807) is 16.8 Å². The van der Waals surface area contributed by atoms with Gasteiger partial charge in [-0.1, -0.05) is 13.0 Å². The summed E-state index contributed by atoms with van der Waals surface area (Å²) in [6, 6.07) is 3.18. The molecule has 0 saturated carbocycles. The van der Waals surface area contributed by atoms with E-state index in [1.807, 2.05) is 6.07 Å². The molecule has 136 valence electrons. The lowest BCUT2D eigenvalue weighted by Gasteiger charge is -2.30. The van der Waals surface area contributed by atoms with E-state index in [0.29, 0.717) is 18.7 Å². The van der Waals surface area contributed by atoms with E-state index in [2.05, 4.69) is 17.1 Å². The van der Waals surface area contributed by atoms with Gasteiger partial charge in [0, 0.05) is 37.8 Å². The van der Waals surface area contributed by atoms with Gasteiger partial charge in [0.25, 0.3) is 5.56 Å². The van der Waals surface area contributed by atoms with Crippen LogP contribution >= 0.6 is 0 Å². The highest BCUT2D eigenvalue weighted by Gasteiger charge is 2.23. The SMILES string of the molecule is CC1CCN(CCn2cccc(CN3CCC(=O)NC3=O)c2=O)CC1. The minimum Gasteiger partial charge on any atom is -0.319 e. The quantitative estimate of drug-likeness (QED) is 0.864.